The second kappa shape index (κ2) is 7.25. The van der Waals surface area contributed by atoms with Gasteiger partial charge in [0.25, 0.3) is 0 Å². The maximum Gasteiger partial charge on any atom is 0.0710 e. The van der Waals surface area contributed by atoms with Crippen molar-refractivity contribution >= 4 is 11.6 Å². The van der Waals surface area contributed by atoms with Crippen LogP contribution in [-0.2, 0) is 4.74 Å². The topological polar surface area (TPSA) is 24.5 Å². The van der Waals surface area contributed by atoms with Crippen LogP contribution in [0.2, 0.25) is 5.02 Å². The van der Waals surface area contributed by atoms with E-state index in [2.05, 4.69) is 16.3 Å². The van der Waals surface area contributed by atoms with E-state index in [0.29, 0.717) is 12.1 Å². The van der Waals surface area contributed by atoms with Crippen molar-refractivity contribution in [2.45, 2.75) is 25.0 Å². The number of rotatable bonds is 6. The molecule has 1 aromatic carbocycles. The van der Waals surface area contributed by atoms with Gasteiger partial charge in [-0.15, -0.1) is 0 Å². The molecule has 4 heteroatoms. The molecule has 1 fully saturated rings. The molecule has 1 heterocycles. The van der Waals surface area contributed by atoms with Crippen LogP contribution in [0.1, 0.15) is 24.4 Å². The van der Waals surface area contributed by atoms with Crippen molar-refractivity contribution in [2.24, 2.45) is 0 Å². The third-order valence-corrected chi connectivity index (χ3v) is 4.27. The van der Waals surface area contributed by atoms with Crippen LogP contribution in [0.3, 0.4) is 0 Å². The summed E-state index contributed by atoms with van der Waals surface area (Å²) in [5.41, 5.74) is 1.19. The summed E-state index contributed by atoms with van der Waals surface area (Å²) >= 11 is 6.27. The fraction of sp³-hybridized carbons (Fsp3) is 0.600. The number of benzene rings is 1. The van der Waals surface area contributed by atoms with Gasteiger partial charge >= 0.3 is 0 Å². The molecule has 0 saturated carbocycles. The Morgan fingerprint density at radius 1 is 1.47 bits per heavy atom. The van der Waals surface area contributed by atoms with Crippen molar-refractivity contribution in [1.82, 2.24) is 10.2 Å². The summed E-state index contributed by atoms with van der Waals surface area (Å²) in [5, 5.41) is 4.21. The molecule has 1 saturated heterocycles. The number of hydrogen-bond donors (Lipinski definition) is 1. The van der Waals surface area contributed by atoms with Gasteiger partial charge in [-0.25, -0.2) is 0 Å². The summed E-state index contributed by atoms with van der Waals surface area (Å²) in [5.74, 6) is 0. The van der Waals surface area contributed by atoms with Crippen LogP contribution in [0.25, 0.3) is 0 Å². The zero-order valence-electron chi connectivity index (χ0n) is 11.7. The van der Waals surface area contributed by atoms with E-state index >= 15 is 0 Å². The zero-order chi connectivity index (χ0) is 13.7. The summed E-state index contributed by atoms with van der Waals surface area (Å²) in [6.45, 7) is 3.27. The van der Waals surface area contributed by atoms with Gasteiger partial charge in [0.15, 0.2) is 0 Å². The van der Waals surface area contributed by atoms with Crippen LogP contribution >= 0.6 is 11.6 Å². The first-order valence-electron chi connectivity index (χ1n) is 6.91. The predicted octanol–water partition coefficient (Wildman–Crippen LogP) is 2.71. The molecule has 1 aromatic rings. The van der Waals surface area contributed by atoms with E-state index in [-0.39, 0.29) is 0 Å². The summed E-state index contributed by atoms with van der Waals surface area (Å²) in [6, 6.07) is 8.39. The first-order chi connectivity index (χ1) is 9.24. The molecule has 2 unspecified atom stereocenters. The van der Waals surface area contributed by atoms with Gasteiger partial charge < -0.3 is 15.0 Å². The summed E-state index contributed by atoms with van der Waals surface area (Å²) in [4.78, 5) is 2.47. The highest BCUT2D eigenvalue weighted by molar-refractivity contribution is 6.31. The Kier molecular flexibility index (Phi) is 5.64. The van der Waals surface area contributed by atoms with Gasteiger partial charge in [0.2, 0.25) is 0 Å². The van der Waals surface area contributed by atoms with E-state index < -0.39 is 0 Å². The molecule has 0 amide bonds. The van der Waals surface area contributed by atoms with Gasteiger partial charge in [0.1, 0.15) is 0 Å². The van der Waals surface area contributed by atoms with Crippen LogP contribution < -0.4 is 5.32 Å². The summed E-state index contributed by atoms with van der Waals surface area (Å²) in [7, 11) is 3.80. The van der Waals surface area contributed by atoms with E-state index in [4.69, 9.17) is 16.3 Å². The third-order valence-electron chi connectivity index (χ3n) is 3.93. The molecule has 3 nitrogen and oxygen atoms in total. The molecule has 1 aliphatic heterocycles. The van der Waals surface area contributed by atoms with E-state index in [1.54, 1.807) is 7.11 Å². The predicted molar refractivity (Wildman–Crippen MR) is 79.7 cm³/mol. The third kappa shape index (κ3) is 3.93. The monoisotopic (exact) mass is 282 g/mol. The lowest BCUT2D eigenvalue weighted by atomic mass is 10.0. The second-order valence-corrected chi connectivity index (χ2v) is 5.51. The number of ether oxygens (including phenoxy) is 1. The number of halogens is 1. The Hall–Kier alpha value is -0.610. The van der Waals surface area contributed by atoms with Crippen molar-refractivity contribution in [3.63, 3.8) is 0 Å². The van der Waals surface area contributed by atoms with E-state index in [1.165, 1.54) is 5.56 Å². The standard InChI is InChI=1S/C15H23ClN2O/c1-17-15(13-5-3-4-6-14(13)16)8-10-18-9-7-12(11-18)19-2/h3-6,12,15,17H,7-11H2,1-2H3. The molecule has 0 radical (unpaired) electrons. The number of likely N-dealkylation sites (tertiary alicyclic amines) is 1. The van der Waals surface area contributed by atoms with Gasteiger partial charge in [0.05, 0.1) is 6.10 Å². The minimum atomic E-state index is 0.315. The van der Waals surface area contributed by atoms with Crippen molar-refractivity contribution in [3.8, 4) is 0 Å². The molecular weight excluding hydrogens is 260 g/mol. The normalized spacial score (nSPS) is 21.7. The maximum atomic E-state index is 6.27. The minimum absolute atomic E-state index is 0.315. The largest absolute Gasteiger partial charge is 0.380 e. The SMILES string of the molecule is CNC(CCN1CCC(OC)C1)c1ccccc1Cl. The van der Waals surface area contributed by atoms with E-state index in [1.807, 2.05) is 25.2 Å². The van der Waals surface area contributed by atoms with Gasteiger partial charge in [0, 0.05) is 37.8 Å². The molecular formula is C15H23ClN2O. The highest BCUT2D eigenvalue weighted by Gasteiger charge is 2.22. The summed E-state index contributed by atoms with van der Waals surface area (Å²) < 4.78 is 5.40. The van der Waals surface area contributed by atoms with Gasteiger partial charge in [-0.1, -0.05) is 29.8 Å². The fourth-order valence-electron chi connectivity index (χ4n) is 2.72. The molecule has 1 aliphatic rings. The molecule has 0 aliphatic carbocycles. The maximum absolute atomic E-state index is 6.27. The zero-order valence-corrected chi connectivity index (χ0v) is 12.5. The van der Waals surface area contributed by atoms with Crippen LogP contribution in [0.15, 0.2) is 24.3 Å². The molecule has 0 spiro atoms. The van der Waals surface area contributed by atoms with Gasteiger partial charge in [-0.2, -0.15) is 0 Å². The Balaban J connectivity index is 1.88. The Labute approximate surface area is 120 Å². The van der Waals surface area contributed by atoms with E-state index in [0.717, 1.165) is 37.5 Å². The number of nitrogens with one attached hydrogen (secondary N) is 1. The Morgan fingerprint density at radius 3 is 2.89 bits per heavy atom. The molecule has 1 N–H and O–H groups in total. The molecule has 0 bridgehead atoms. The van der Waals surface area contributed by atoms with Crippen molar-refractivity contribution < 1.29 is 4.74 Å². The highest BCUT2D eigenvalue weighted by atomic mass is 35.5. The van der Waals surface area contributed by atoms with Crippen LogP contribution in [0.4, 0.5) is 0 Å². The van der Waals surface area contributed by atoms with Gasteiger partial charge in [-0.05, 0) is 31.5 Å². The quantitative estimate of drug-likeness (QED) is 0.868. The van der Waals surface area contributed by atoms with Crippen molar-refractivity contribution in [1.29, 1.82) is 0 Å². The van der Waals surface area contributed by atoms with E-state index in [9.17, 15) is 0 Å². The molecule has 2 rings (SSSR count). The minimum Gasteiger partial charge on any atom is -0.380 e. The second-order valence-electron chi connectivity index (χ2n) is 5.10. The van der Waals surface area contributed by atoms with Crippen LogP contribution in [0.5, 0.6) is 0 Å². The van der Waals surface area contributed by atoms with Crippen LogP contribution in [-0.4, -0.2) is 44.8 Å². The van der Waals surface area contributed by atoms with Crippen molar-refractivity contribution in [3.05, 3.63) is 34.9 Å². The Morgan fingerprint density at radius 2 is 2.26 bits per heavy atom. The molecule has 2 atom stereocenters. The van der Waals surface area contributed by atoms with Gasteiger partial charge in [-0.3, -0.25) is 0 Å². The number of nitrogens with zero attached hydrogens (tertiary/aromatic N) is 1. The lowest BCUT2D eigenvalue weighted by Gasteiger charge is -2.22. The number of methoxy groups -OCH3 is 1. The smallest absolute Gasteiger partial charge is 0.0710 e. The van der Waals surface area contributed by atoms with Crippen molar-refractivity contribution in [2.75, 3.05) is 33.8 Å². The molecule has 106 valence electrons. The first kappa shape index (κ1) is 14.8. The van der Waals surface area contributed by atoms with Crippen LogP contribution in [0, 0.1) is 0 Å². The lowest BCUT2D eigenvalue weighted by Crippen LogP contribution is -2.28. The molecule has 19 heavy (non-hydrogen) atoms. The highest BCUT2D eigenvalue weighted by Crippen LogP contribution is 2.25. The first-order valence-corrected chi connectivity index (χ1v) is 7.29. The average Bonchev–Trinajstić information content (AvgIpc) is 2.89. The molecule has 0 aromatic heterocycles. The Bertz CT molecular complexity index is 399. The lowest BCUT2D eigenvalue weighted by molar-refractivity contribution is 0.107. The summed E-state index contributed by atoms with van der Waals surface area (Å²) in [6.07, 6.45) is 2.62. The average molecular weight is 283 g/mol. The number of hydrogen-bond acceptors (Lipinski definition) is 3. The fourth-order valence-corrected chi connectivity index (χ4v) is 2.98.